The number of carbonyl (C=O) groups is 1. The van der Waals surface area contributed by atoms with Crippen LogP contribution in [0, 0.1) is 5.82 Å². The molecule has 4 rings (SSSR count). The summed E-state index contributed by atoms with van der Waals surface area (Å²) in [6.07, 6.45) is 2.20. The van der Waals surface area contributed by atoms with Crippen LogP contribution in [0.3, 0.4) is 0 Å². The molecule has 144 valence electrons. The molecule has 7 nitrogen and oxygen atoms in total. The lowest BCUT2D eigenvalue weighted by atomic mass is 10.3. The highest BCUT2D eigenvalue weighted by Gasteiger charge is 2.32. The maximum absolute atomic E-state index is 13.1. The lowest BCUT2D eigenvalue weighted by Crippen LogP contribution is -2.38. The van der Waals surface area contributed by atoms with E-state index in [-0.39, 0.29) is 16.7 Å². The van der Waals surface area contributed by atoms with Gasteiger partial charge in [0.2, 0.25) is 11.9 Å². The van der Waals surface area contributed by atoms with E-state index in [9.17, 15) is 9.18 Å². The summed E-state index contributed by atoms with van der Waals surface area (Å²) in [5.41, 5.74) is 0.390. The van der Waals surface area contributed by atoms with Gasteiger partial charge in [-0.2, -0.15) is 0 Å². The molecule has 1 aliphatic heterocycles. The third-order valence-electron chi connectivity index (χ3n) is 4.39. The number of morpholine rings is 1. The van der Waals surface area contributed by atoms with Crippen LogP contribution < -0.4 is 10.2 Å². The van der Waals surface area contributed by atoms with Gasteiger partial charge in [-0.3, -0.25) is 9.36 Å². The van der Waals surface area contributed by atoms with Gasteiger partial charge in [0.1, 0.15) is 5.82 Å². The number of aromatic nitrogens is 3. The van der Waals surface area contributed by atoms with Gasteiger partial charge in [0.15, 0.2) is 5.16 Å². The molecule has 10 heteroatoms. The van der Waals surface area contributed by atoms with E-state index in [2.05, 4.69) is 25.0 Å². The van der Waals surface area contributed by atoms with Crippen molar-refractivity contribution in [2.75, 3.05) is 42.3 Å². The van der Waals surface area contributed by atoms with E-state index in [0.717, 1.165) is 37.0 Å². The van der Waals surface area contributed by atoms with Gasteiger partial charge in [0, 0.05) is 19.1 Å². The number of anilines is 2. The fourth-order valence-corrected chi connectivity index (χ4v) is 3.92. The fraction of sp³-hybridized carbons (Fsp3) is 0.471. The van der Waals surface area contributed by atoms with Gasteiger partial charge >= 0.3 is 0 Å². The second-order valence-electron chi connectivity index (χ2n) is 6.44. The largest absolute Gasteiger partial charge is 0.378 e. The van der Waals surface area contributed by atoms with E-state index < -0.39 is 5.82 Å². The minimum absolute atomic E-state index is 0.168. The first-order chi connectivity index (χ1) is 13.1. The molecule has 1 aliphatic carbocycles. The summed E-state index contributed by atoms with van der Waals surface area (Å²) >= 11 is 7.29. The molecule has 0 unspecified atom stereocenters. The van der Waals surface area contributed by atoms with Gasteiger partial charge < -0.3 is 15.0 Å². The highest BCUT2D eigenvalue weighted by Crippen LogP contribution is 2.41. The number of ether oxygens (including phenoxy) is 1. The SMILES string of the molecule is O=C(CSc1nnc(N2CCOCC2)n1C1CC1)Nc1ccc(F)cc1Cl. The molecule has 1 saturated carbocycles. The first kappa shape index (κ1) is 18.5. The standard InChI is InChI=1S/C17H19ClFN5O2S/c18-13-9-11(19)1-4-14(13)20-15(25)10-27-17-22-21-16(24(17)12-2-3-12)23-5-7-26-8-6-23/h1,4,9,12H,2-3,5-8,10H2,(H,20,25). The molecule has 2 aromatic rings. The van der Waals surface area contributed by atoms with Gasteiger partial charge in [0.25, 0.3) is 0 Å². The predicted octanol–water partition coefficient (Wildman–Crippen LogP) is 2.97. The highest BCUT2D eigenvalue weighted by molar-refractivity contribution is 7.99. The molecule has 0 spiro atoms. The van der Waals surface area contributed by atoms with Crippen LogP contribution in [0.25, 0.3) is 0 Å². The van der Waals surface area contributed by atoms with Crippen molar-refractivity contribution in [1.29, 1.82) is 0 Å². The average molecular weight is 412 g/mol. The van der Waals surface area contributed by atoms with Crippen molar-refractivity contribution in [3.05, 3.63) is 29.0 Å². The van der Waals surface area contributed by atoms with Gasteiger partial charge in [0.05, 0.1) is 29.7 Å². The molecule has 1 aromatic heterocycles. The number of thioether (sulfide) groups is 1. The number of nitrogens with zero attached hydrogens (tertiary/aromatic N) is 4. The van der Waals surface area contributed by atoms with Crippen molar-refractivity contribution >= 4 is 40.9 Å². The van der Waals surface area contributed by atoms with Crippen molar-refractivity contribution in [3.63, 3.8) is 0 Å². The average Bonchev–Trinajstić information content (AvgIpc) is 3.42. The Hall–Kier alpha value is -1.84. The van der Waals surface area contributed by atoms with E-state index in [0.29, 0.717) is 24.9 Å². The van der Waals surface area contributed by atoms with Crippen molar-refractivity contribution in [2.45, 2.75) is 24.0 Å². The molecule has 0 atom stereocenters. The van der Waals surface area contributed by atoms with Gasteiger partial charge in [-0.05, 0) is 31.0 Å². The summed E-state index contributed by atoms with van der Waals surface area (Å²) in [5.74, 6) is 0.347. The number of rotatable bonds is 6. The quantitative estimate of drug-likeness (QED) is 0.737. The van der Waals surface area contributed by atoms with Crippen LogP contribution >= 0.6 is 23.4 Å². The Labute approximate surface area is 165 Å². The van der Waals surface area contributed by atoms with Gasteiger partial charge in [-0.25, -0.2) is 4.39 Å². The van der Waals surface area contributed by atoms with Crippen LogP contribution in [0.15, 0.2) is 23.4 Å². The first-order valence-electron chi connectivity index (χ1n) is 8.77. The zero-order valence-electron chi connectivity index (χ0n) is 14.5. The Morgan fingerprint density at radius 2 is 2.11 bits per heavy atom. The highest BCUT2D eigenvalue weighted by atomic mass is 35.5. The van der Waals surface area contributed by atoms with Crippen LogP contribution in [0.1, 0.15) is 18.9 Å². The van der Waals surface area contributed by atoms with E-state index >= 15 is 0 Å². The molecule has 2 aliphatic rings. The van der Waals surface area contributed by atoms with E-state index in [1.807, 2.05) is 0 Å². The summed E-state index contributed by atoms with van der Waals surface area (Å²) in [7, 11) is 0. The Balaban J connectivity index is 1.42. The minimum Gasteiger partial charge on any atom is -0.378 e. The van der Waals surface area contributed by atoms with E-state index in [1.54, 1.807) is 0 Å². The van der Waals surface area contributed by atoms with Crippen LogP contribution in [0.2, 0.25) is 5.02 Å². The third-order valence-corrected chi connectivity index (χ3v) is 5.65. The molecular weight excluding hydrogens is 393 g/mol. The minimum atomic E-state index is -0.444. The van der Waals surface area contributed by atoms with E-state index in [1.165, 1.54) is 30.0 Å². The Kier molecular flexibility index (Phi) is 5.51. The molecule has 2 heterocycles. The molecule has 0 radical (unpaired) electrons. The Bertz CT molecular complexity index is 839. The molecule has 1 amide bonds. The molecule has 2 fully saturated rings. The second kappa shape index (κ2) is 8.04. The fourth-order valence-electron chi connectivity index (χ4n) is 2.91. The van der Waals surface area contributed by atoms with Crippen molar-refractivity contribution in [1.82, 2.24) is 14.8 Å². The number of nitrogens with one attached hydrogen (secondary N) is 1. The summed E-state index contributed by atoms with van der Waals surface area (Å²) in [6, 6.07) is 4.27. The third kappa shape index (κ3) is 4.36. The molecular formula is C17H19ClFN5O2S. The smallest absolute Gasteiger partial charge is 0.234 e. The molecule has 27 heavy (non-hydrogen) atoms. The number of hydrogen-bond acceptors (Lipinski definition) is 6. The van der Waals surface area contributed by atoms with Crippen molar-refractivity contribution < 1.29 is 13.9 Å². The monoisotopic (exact) mass is 411 g/mol. The lowest BCUT2D eigenvalue weighted by Gasteiger charge is -2.27. The Morgan fingerprint density at radius 1 is 1.33 bits per heavy atom. The Morgan fingerprint density at radius 3 is 2.81 bits per heavy atom. The van der Waals surface area contributed by atoms with E-state index in [4.69, 9.17) is 16.3 Å². The topological polar surface area (TPSA) is 72.3 Å². The molecule has 1 N–H and O–H groups in total. The number of amides is 1. The lowest BCUT2D eigenvalue weighted by molar-refractivity contribution is -0.113. The summed E-state index contributed by atoms with van der Waals surface area (Å²) in [4.78, 5) is 14.4. The summed E-state index contributed by atoms with van der Waals surface area (Å²) < 4.78 is 20.6. The van der Waals surface area contributed by atoms with Gasteiger partial charge in [-0.1, -0.05) is 23.4 Å². The number of carbonyl (C=O) groups excluding carboxylic acids is 1. The van der Waals surface area contributed by atoms with Crippen molar-refractivity contribution in [3.8, 4) is 0 Å². The zero-order chi connectivity index (χ0) is 18.8. The van der Waals surface area contributed by atoms with Crippen LogP contribution in [-0.4, -0.2) is 52.7 Å². The molecule has 0 bridgehead atoms. The van der Waals surface area contributed by atoms with Crippen molar-refractivity contribution in [2.24, 2.45) is 0 Å². The molecule has 1 saturated heterocycles. The number of halogens is 2. The zero-order valence-corrected chi connectivity index (χ0v) is 16.1. The van der Waals surface area contributed by atoms with Crippen LogP contribution in [0.4, 0.5) is 16.0 Å². The molecule has 1 aromatic carbocycles. The number of hydrogen-bond donors (Lipinski definition) is 1. The summed E-state index contributed by atoms with van der Waals surface area (Å²) in [6.45, 7) is 2.94. The van der Waals surface area contributed by atoms with Gasteiger partial charge in [-0.15, -0.1) is 10.2 Å². The van der Waals surface area contributed by atoms with Crippen LogP contribution in [-0.2, 0) is 9.53 Å². The second-order valence-corrected chi connectivity index (χ2v) is 7.79. The van der Waals surface area contributed by atoms with Crippen LogP contribution in [0.5, 0.6) is 0 Å². The maximum atomic E-state index is 13.1. The first-order valence-corrected chi connectivity index (χ1v) is 10.1. The summed E-state index contributed by atoms with van der Waals surface area (Å²) in [5, 5.41) is 12.3. The maximum Gasteiger partial charge on any atom is 0.234 e. The number of benzene rings is 1. The normalized spacial score (nSPS) is 17.2. The predicted molar refractivity (Wildman–Crippen MR) is 102 cm³/mol.